The van der Waals surface area contributed by atoms with Crippen molar-refractivity contribution in [2.75, 3.05) is 20.2 Å². The summed E-state index contributed by atoms with van der Waals surface area (Å²) in [7, 11) is 1.41. The number of likely N-dealkylation sites (tertiary alicyclic amines) is 1. The first-order valence-corrected chi connectivity index (χ1v) is 6.82. The van der Waals surface area contributed by atoms with Crippen LogP contribution in [0.5, 0.6) is 0 Å². The van der Waals surface area contributed by atoms with Crippen molar-refractivity contribution in [3.8, 4) is 0 Å². The lowest BCUT2D eigenvalue weighted by molar-refractivity contribution is -0.143. The Morgan fingerprint density at radius 1 is 1.37 bits per heavy atom. The van der Waals surface area contributed by atoms with Crippen molar-refractivity contribution in [2.45, 2.75) is 45.2 Å². The highest BCUT2D eigenvalue weighted by atomic mass is 16.5. The van der Waals surface area contributed by atoms with Gasteiger partial charge in [-0.1, -0.05) is 13.8 Å². The minimum absolute atomic E-state index is 0.217. The molecule has 1 saturated heterocycles. The van der Waals surface area contributed by atoms with Crippen molar-refractivity contribution in [3.05, 3.63) is 0 Å². The number of amides is 2. The van der Waals surface area contributed by atoms with Gasteiger partial charge < -0.3 is 20.7 Å². The molecule has 1 aliphatic rings. The van der Waals surface area contributed by atoms with Crippen LogP contribution in [-0.4, -0.2) is 49.2 Å². The van der Waals surface area contributed by atoms with Crippen LogP contribution in [0.15, 0.2) is 0 Å². The molecule has 2 amide bonds. The van der Waals surface area contributed by atoms with E-state index in [4.69, 9.17) is 10.5 Å². The van der Waals surface area contributed by atoms with Crippen LogP contribution < -0.4 is 11.1 Å². The first-order valence-electron chi connectivity index (χ1n) is 6.82. The molecule has 0 saturated carbocycles. The van der Waals surface area contributed by atoms with E-state index in [0.717, 1.165) is 19.3 Å². The maximum atomic E-state index is 11.7. The molecule has 0 aromatic heterocycles. The third kappa shape index (κ3) is 5.06. The minimum atomic E-state index is -0.370. The summed E-state index contributed by atoms with van der Waals surface area (Å²) in [6, 6.07) is -0.404. The molecule has 1 unspecified atom stereocenters. The van der Waals surface area contributed by atoms with E-state index in [1.807, 2.05) is 0 Å². The number of carbonyl (C=O) groups is 2. The largest absolute Gasteiger partial charge is 0.468 e. The summed E-state index contributed by atoms with van der Waals surface area (Å²) in [6.07, 6.45) is 2.38. The number of primary amides is 1. The summed E-state index contributed by atoms with van der Waals surface area (Å²) >= 11 is 0. The van der Waals surface area contributed by atoms with Crippen LogP contribution in [0.3, 0.4) is 0 Å². The van der Waals surface area contributed by atoms with E-state index in [9.17, 15) is 9.59 Å². The Morgan fingerprint density at radius 3 is 2.37 bits per heavy atom. The monoisotopic (exact) mass is 271 g/mol. The summed E-state index contributed by atoms with van der Waals surface area (Å²) in [5.74, 6) is 0.202. The fraction of sp³-hybridized carbons (Fsp3) is 0.846. The summed E-state index contributed by atoms with van der Waals surface area (Å²) in [4.78, 5) is 24.4. The van der Waals surface area contributed by atoms with Gasteiger partial charge in [0, 0.05) is 19.1 Å². The Bertz CT molecular complexity index is 312. The smallest absolute Gasteiger partial charge is 0.322 e. The molecule has 6 heteroatoms. The van der Waals surface area contributed by atoms with E-state index in [1.165, 1.54) is 7.11 Å². The molecule has 0 aromatic carbocycles. The van der Waals surface area contributed by atoms with Gasteiger partial charge in [0.05, 0.1) is 7.11 Å². The number of piperidine rings is 1. The van der Waals surface area contributed by atoms with Gasteiger partial charge in [-0.2, -0.15) is 0 Å². The van der Waals surface area contributed by atoms with Crippen LogP contribution in [-0.2, 0) is 9.53 Å². The summed E-state index contributed by atoms with van der Waals surface area (Å²) in [5, 5.41) is 3.34. The molecule has 1 rings (SSSR count). The highest BCUT2D eigenvalue weighted by Gasteiger charge is 2.27. The number of nitrogens with one attached hydrogen (secondary N) is 1. The fourth-order valence-corrected chi connectivity index (χ4v) is 2.40. The minimum Gasteiger partial charge on any atom is -0.468 e. The number of nitrogens with zero attached hydrogens (tertiary/aromatic N) is 1. The Hall–Kier alpha value is -1.30. The number of nitrogens with two attached hydrogens (primary N) is 1. The number of esters is 1. The predicted molar refractivity (Wildman–Crippen MR) is 72.6 cm³/mol. The second-order valence-corrected chi connectivity index (χ2v) is 5.47. The van der Waals surface area contributed by atoms with Gasteiger partial charge in [-0.15, -0.1) is 0 Å². The van der Waals surface area contributed by atoms with E-state index < -0.39 is 0 Å². The van der Waals surface area contributed by atoms with Gasteiger partial charge in [-0.3, -0.25) is 4.79 Å². The SMILES string of the molecule is COC(=O)C(CC(C)C)NC1CCN(C(N)=O)CC1. The third-order valence-corrected chi connectivity index (χ3v) is 3.44. The standard InChI is InChI=1S/C13H25N3O3/c1-9(2)8-11(12(17)19-3)15-10-4-6-16(7-5-10)13(14)18/h9-11,15H,4-8H2,1-3H3,(H2,14,18). The highest BCUT2D eigenvalue weighted by molar-refractivity contribution is 5.75. The number of ether oxygens (including phenoxy) is 1. The molecule has 19 heavy (non-hydrogen) atoms. The quantitative estimate of drug-likeness (QED) is 0.721. The zero-order valence-corrected chi connectivity index (χ0v) is 12.0. The topological polar surface area (TPSA) is 84.7 Å². The summed E-state index contributed by atoms with van der Waals surface area (Å²) < 4.78 is 4.83. The normalized spacial score (nSPS) is 18.4. The Balaban J connectivity index is 2.47. The van der Waals surface area contributed by atoms with Gasteiger partial charge in [-0.25, -0.2) is 4.79 Å². The lowest BCUT2D eigenvalue weighted by atomic mass is 9.99. The second-order valence-electron chi connectivity index (χ2n) is 5.47. The van der Waals surface area contributed by atoms with E-state index >= 15 is 0 Å². The molecule has 110 valence electrons. The van der Waals surface area contributed by atoms with Crippen LogP contribution in [0, 0.1) is 5.92 Å². The average molecular weight is 271 g/mol. The van der Waals surface area contributed by atoms with Gasteiger partial charge in [0.1, 0.15) is 6.04 Å². The lowest BCUT2D eigenvalue weighted by Gasteiger charge is -2.33. The molecule has 6 nitrogen and oxygen atoms in total. The van der Waals surface area contributed by atoms with Crippen molar-refractivity contribution >= 4 is 12.0 Å². The molecule has 1 fully saturated rings. The maximum Gasteiger partial charge on any atom is 0.322 e. The van der Waals surface area contributed by atoms with Crippen molar-refractivity contribution in [1.82, 2.24) is 10.2 Å². The first kappa shape index (κ1) is 15.8. The van der Waals surface area contributed by atoms with E-state index in [2.05, 4.69) is 19.2 Å². The molecule has 1 heterocycles. The second kappa shape index (κ2) is 7.33. The van der Waals surface area contributed by atoms with Crippen LogP contribution in [0.4, 0.5) is 4.79 Å². The van der Waals surface area contributed by atoms with E-state index in [0.29, 0.717) is 19.0 Å². The van der Waals surface area contributed by atoms with Crippen LogP contribution in [0.25, 0.3) is 0 Å². The van der Waals surface area contributed by atoms with Crippen molar-refractivity contribution < 1.29 is 14.3 Å². The fourth-order valence-electron chi connectivity index (χ4n) is 2.40. The summed E-state index contributed by atoms with van der Waals surface area (Å²) in [5.41, 5.74) is 5.24. The number of methoxy groups -OCH3 is 1. The maximum absolute atomic E-state index is 11.7. The van der Waals surface area contributed by atoms with Gasteiger partial charge >= 0.3 is 12.0 Å². The van der Waals surface area contributed by atoms with Crippen molar-refractivity contribution in [2.24, 2.45) is 11.7 Å². The molecule has 0 bridgehead atoms. The molecule has 0 spiro atoms. The Kier molecular flexibility index (Phi) is 6.08. The van der Waals surface area contributed by atoms with Crippen LogP contribution >= 0.6 is 0 Å². The zero-order valence-electron chi connectivity index (χ0n) is 12.0. The zero-order chi connectivity index (χ0) is 14.4. The lowest BCUT2D eigenvalue weighted by Crippen LogP contribution is -2.51. The number of rotatable bonds is 5. The van der Waals surface area contributed by atoms with Gasteiger partial charge in [0.25, 0.3) is 0 Å². The predicted octanol–water partition coefficient (Wildman–Crippen LogP) is 0.707. The molecular formula is C13H25N3O3. The van der Waals surface area contributed by atoms with Gasteiger partial charge in [-0.05, 0) is 25.2 Å². The van der Waals surface area contributed by atoms with Crippen LogP contribution in [0.1, 0.15) is 33.1 Å². The molecular weight excluding hydrogens is 246 g/mol. The average Bonchev–Trinajstić information content (AvgIpc) is 2.37. The Labute approximate surface area is 114 Å². The molecule has 0 aromatic rings. The van der Waals surface area contributed by atoms with Gasteiger partial charge in [0.15, 0.2) is 0 Å². The Morgan fingerprint density at radius 2 is 1.95 bits per heavy atom. The number of hydrogen-bond acceptors (Lipinski definition) is 4. The molecule has 1 aliphatic heterocycles. The van der Waals surface area contributed by atoms with Gasteiger partial charge in [0.2, 0.25) is 0 Å². The van der Waals surface area contributed by atoms with Crippen molar-refractivity contribution in [3.63, 3.8) is 0 Å². The summed E-state index contributed by atoms with van der Waals surface area (Å²) in [6.45, 7) is 5.44. The van der Waals surface area contributed by atoms with Crippen molar-refractivity contribution in [1.29, 1.82) is 0 Å². The molecule has 1 atom stereocenters. The van der Waals surface area contributed by atoms with E-state index in [1.54, 1.807) is 4.90 Å². The number of carbonyl (C=O) groups excluding carboxylic acids is 2. The van der Waals surface area contributed by atoms with E-state index in [-0.39, 0.29) is 24.1 Å². The molecule has 0 radical (unpaired) electrons. The van der Waals surface area contributed by atoms with Crippen LogP contribution in [0.2, 0.25) is 0 Å². The number of hydrogen-bond donors (Lipinski definition) is 2. The third-order valence-electron chi connectivity index (χ3n) is 3.44. The molecule has 3 N–H and O–H groups in total. The molecule has 0 aliphatic carbocycles. The highest BCUT2D eigenvalue weighted by Crippen LogP contribution is 2.13. The number of urea groups is 1. The first-order chi connectivity index (χ1) is 8.93.